The number of hydrogen-bond acceptors (Lipinski definition) is 5. The Morgan fingerprint density at radius 2 is 2.00 bits per heavy atom. The van der Waals surface area contributed by atoms with Gasteiger partial charge < -0.3 is 9.47 Å². The molecular formula is C19H14Cl3N3O3S. The average molecular weight is 471 g/mol. The summed E-state index contributed by atoms with van der Waals surface area (Å²) in [5.74, 6) is 0.454. The van der Waals surface area contributed by atoms with Gasteiger partial charge in [-0.2, -0.15) is 5.10 Å². The molecule has 4 rings (SSSR count). The maximum Gasteiger partial charge on any atom is 0.364 e. The topological polar surface area (TPSA) is 69.5 Å². The Morgan fingerprint density at radius 3 is 2.72 bits per heavy atom. The zero-order valence-corrected chi connectivity index (χ0v) is 17.9. The van der Waals surface area contributed by atoms with Gasteiger partial charge in [0.25, 0.3) is 0 Å². The van der Waals surface area contributed by atoms with Gasteiger partial charge in [-0.15, -0.1) is 0 Å². The number of rotatable bonds is 6. The van der Waals surface area contributed by atoms with E-state index in [1.807, 2.05) is 24.3 Å². The van der Waals surface area contributed by atoms with Crippen LogP contribution >= 0.6 is 47.4 Å². The largest absolute Gasteiger partial charge is 0.450 e. The van der Waals surface area contributed by atoms with E-state index in [0.717, 1.165) is 11.1 Å². The molecule has 29 heavy (non-hydrogen) atoms. The fourth-order valence-corrected chi connectivity index (χ4v) is 4.17. The number of benzene rings is 2. The normalized spacial score (nSPS) is 20.5. The molecule has 0 N–H and O–H groups in total. The lowest BCUT2D eigenvalue weighted by Crippen LogP contribution is -2.22. The quantitative estimate of drug-likeness (QED) is 0.294. The van der Waals surface area contributed by atoms with Crippen molar-refractivity contribution in [2.75, 3.05) is 0 Å². The van der Waals surface area contributed by atoms with E-state index < -0.39 is 10.9 Å². The molecule has 1 fully saturated rings. The first-order chi connectivity index (χ1) is 13.9. The van der Waals surface area contributed by atoms with Crippen molar-refractivity contribution in [1.29, 1.82) is 0 Å². The Bertz CT molecular complexity index is 1080. The van der Waals surface area contributed by atoms with Crippen LogP contribution in [0.15, 0.2) is 48.8 Å². The third-order valence-corrected chi connectivity index (χ3v) is 5.70. The number of ether oxygens (including phenoxy) is 2. The molecule has 1 aromatic heterocycles. The van der Waals surface area contributed by atoms with Crippen LogP contribution in [0.2, 0.25) is 15.1 Å². The number of carbonyl (C=O) groups is 1. The van der Waals surface area contributed by atoms with E-state index in [0.29, 0.717) is 27.4 Å². The molecule has 2 heterocycles. The Balaban J connectivity index is 1.72. The SMILES string of the molecule is O=C(S)OCc1ncnn1C[C@]1(c2ccccc2Cl)OC1c1ccc(Cl)cc1Cl. The van der Waals surface area contributed by atoms with Gasteiger partial charge >= 0.3 is 5.30 Å². The second-order valence-corrected chi connectivity index (χ2v) is 8.04. The first-order valence-electron chi connectivity index (χ1n) is 8.51. The zero-order valence-electron chi connectivity index (χ0n) is 14.8. The Kier molecular flexibility index (Phi) is 5.77. The number of halogens is 3. The van der Waals surface area contributed by atoms with Gasteiger partial charge in [0, 0.05) is 26.2 Å². The number of nitrogens with zero attached hydrogens (tertiary/aromatic N) is 3. The second-order valence-electron chi connectivity index (χ2n) is 6.42. The standard InChI is InChI=1S/C19H14Cl3N3O3S/c20-11-5-6-12(15(22)7-11)17-19(28-17,13-3-1-2-4-14(13)21)9-25-16(23-10-24-25)8-27-18(26)29/h1-7,10,17H,8-9H2,(H,26,29)/t17?,19-/m1/s1. The first kappa shape index (κ1) is 20.5. The molecule has 2 aromatic carbocycles. The lowest BCUT2D eigenvalue weighted by Gasteiger charge is -2.17. The van der Waals surface area contributed by atoms with Gasteiger partial charge in [-0.3, -0.25) is 0 Å². The van der Waals surface area contributed by atoms with E-state index in [1.54, 1.807) is 22.9 Å². The molecule has 1 saturated heterocycles. The summed E-state index contributed by atoms with van der Waals surface area (Å²) < 4.78 is 12.8. The van der Waals surface area contributed by atoms with Crippen molar-refractivity contribution in [1.82, 2.24) is 14.8 Å². The molecule has 150 valence electrons. The molecule has 1 unspecified atom stereocenters. The third kappa shape index (κ3) is 4.11. The molecule has 0 radical (unpaired) electrons. The van der Waals surface area contributed by atoms with Crippen LogP contribution in [-0.4, -0.2) is 20.1 Å². The van der Waals surface area contributed by atoms with E-state index in [9.17, 15) is 4.79 Å². The van der Waals surface area contributed by atoms with E-state index in [4.69, 9.17) is 44.3 Å². The van der Waals surface area contributed by atoms with E-state index in [2.05, 4.69) is 22.7 Å². The van der Waals surface area contributed by atoms with Crippen LogP contribution in [0.25, 0.3) is 0 Å². The first-order valence-corrected chi connectivity index (χ1v) is 10.1. The highest BCUT2D eigenvalue weighted by molar-refractivity contribution is 7.96. The molecule has 0 amide bonds. The van der Waals surface area contributed by atoms with E-state index in [-0.39, 0.29) is 12.7 Å². The summed E-state index contributed by atoms with van der Waals surface area (Å²) in [4.78, 5) is 15.2. The van der Waals surface area contributed by atoms with Crippen molar-refractivity contribution in [3.05, 3.63) is 80.8 Å². The summed E-state index contributed by atoms with van der Waals surface area (Å²) in [6, 6.07) is 12.7. The predicted molar refractivity (Wildman–Crippen MR) is 113 cm³/mol. The molecule has 0 spiro atoms. The molecule has 10 heteroatoms. The van der Waals surface area contributed by atoms with Crippen molar-refractivity contribution in [2.45, 2.75) is 24.9 Å². The summed E-state index contributed by atoms with van der Waals surface area (Å²) in [6.45, 7) is 0.229. The Labute approximate surface area is 187 Å². The summed E-state index contributed by atoms with van der Waals surface area (Å²) in [5.41, 5.74) is 0.772. The highest BCUT2D eigenvalue weighted by Crippen LogP contribution is 2.60. The summed E-state index contributed by atoms with van der Waals surface area (Å²) >= 11 is 22.6. The number of epoxide rings is 1. The zero-order chi connectivity index (χ0) is 20.6. The molecule has 0 aliphatic carbocycles. The smallest absolute Gasteiger partial charge is 0.364 e. The minimum atomic E-state index is -0.816. The van der Waals surface area contributed by atoms with Crippen LogP contribution in [0.5, 0.6) is 0 Å². The van der Waals surface area contributed by atoms with Gasteiger partial charge in [-0.25, -0.2) is 14.5 Å². The van der Waals surface area contributed by atoms with Crippen LogP contribution in [-0.2, 0) is 28.2 Å². The number of hydrogen-bond donors (Lipinski definition) is 1. The van der Waals surface area contributed by atoms with Crippen LogP contribution in [0.3, 0.4) is 0 Å². The molecule has 1 aliphatic heterocycles. The molecule has 2 atom stereocenters. The maximum atomic E-state index is 11.0. The van der Waals surface area contributed by atoms with Crippen molar-refractivity contribution in [2.24, 2.45) is 0 Å². The third-order valence-electron chi connectivity index (χ3n) is 4.67. The highest BCUT2D eigenvalue weighted by atomic mass is 35.5. The minimum Gasteiger partial charge on any atom is -0.450 e. The fraction of sp³-hybridized carbons (Fsp3) is 0.211. The number of carbonyl (C=O) groups excluding carboxylic acids is 1. The molecule has 1 aliphatic rings. The van der Waals surface area contributed by atoms with Gasteiger partial charge in [0.2, 0.25) is 0 Å². The lowest BCUT2D eigenvalue weighted by molar-refractivity contribution is 0.162. The minimum absolute atomic E-state index is 0.0622. The molecule has 3 aromatic rings. The second kappa shape index (κ2) is 8.16. The van der Waals surface area contributed by atoms with Crippen LogP contribution in [0, 0.1) is 0 Å². The molecular weight excluding hydrogens is 457 g/mol. The van der Waals surface area contributed by atoms with Crippen LogP contribution < -0.4 is 0 Å². The van der Waals surface area contributed by atoms with E-state index in [1.165, 1.54) is 6.33 Å². The summed E-state index contributed by atoms with van der Waals surface area (Å²) in [5, 5.41) is 5.15. The van der Waals surface area contributed by atoms with E-state index >= 15 is 0 Å². The van der Waals surface area contributed by atoms with Gasteiger partial charge in [-0.1, -0.05) is 71.7 Å². The van der Waals surface area contributed by atoms with Crippen molar-refractivity contribution >= 4 is 52.7 Å². The number of thiol groups is 1. The van der Waals surface area contributed by atoms with Gasteiger partial charge in [0.05, 0.1) is 6.54 Å². The maximum absolute atomic E-state index is 11.0. The van der Waals surface area contributed by atoms with Crippen molar-refractivity contribution in [3.8, 4) is 0 Å². The Morgan fingerprint density at radius 1 is 1.21 bits per heavy atom. The number of aromatic nitrogens is 3. The van der Waals surface area contributed by atoms with Gasteiger partial charge in [-0.05, 0) is 18.2 Å². The van der Waals surface area contributed by atoms with Gasteiger partial charge in [0.15, 0.2) is 12.4 Å². The van der Waals surface area contributed by atoms with Crippen molar-refractivity contribution < 1.29 is 14.3 Å². The van der Waals surface area contributed by atoms with Crippen molar-refractivity contribution in [3.63, 3.8) is 0 Å². The summed E-state index contributed by atoms with van der Waals surface area (Å²) in [7, 11) is 0. The molecule has 0 bridgehead atoms. The van der Waals surface area contributed by atoms with Crippen LogP contribution in [0.1, 0.15) is 23.1 Å². The Hall–Kier alpha value is -1.77. The average Bonchev–Trinajstić information content (AvgIpc) is 3.20. The van der Waals surface area contributed by atoms with Crippen LogP contribution in [0.4, 0.5) is 4.79 Å². The lowest BCUT2D eigenvalue weighted by atomic mass is 9.91. The predicted octanol–water partition coefficient (Wildman–Crippen LogP) is 5.47. The summed E-state index contributed by atoms with van der Waals surface area (Å²) in [6.07, 6.45) is 1.02. The fourth-order valence-electron chi connectivity index (χ4n) is 3.30. The highest BCUT2D eigenvalue weighted by Gasteiger charge is 2.60. The van der Waals surface area contributed by atoms with Gasteiger partial charge in [0.1, 0.15) is 18.0 Å². The molecule has 0 saturated carbocycles. The monoisotopic (exact) mass is 469 g/mol. The molecule has 6 nitrogen and oxygen atoms in total.